The van der Waals surface area contributed by atoms with Crippen LogP contribution < -0.4 is 0 Å². The molecule has 0 aromatic carbocycles. The molecule has 0 aliphatic carbocycles. The second-order valence-corrected chi connectivity index (χ2v) is 3.19. The molecule has 0 aromatic heterocycles. The van der Waals surface area contributed by atoms with Crippen molar-refractivity contribution in [3.63, 3.8) is 0 Å². The first-order chi connectivity index (χ1) is 5.39. The summed E-state index contributed by atoms with van der Waals surface area (Å²) in [6.45, 7) is 3.62. The van der Waals surface area contributed by atoms with Gasteiger partial charge < -0.3 is 9.84 Å². The van der Waals surface area contributed by atoms with Gasteiger partial charge in [-0.25, -0.2) is 4.79 Å². The maximum atomic E-state index is 10.7. The SMILES string of the molecule is COC(C)(C)CCC(=O)C(=O)O. The molecule has 1 N–H and O–H groups in total. The Labute approximate surface area is 71.5 Å². The molecular formula is C8H14O4. The first-order valence-corrected chi connectivity index (χ1v) is 3.70. The van der Waals surface area contributed by atoms with Gasteiger partial charge in [0, 0.05) is 13.5 Å². The second-order valence-electron chi connectivity index (χ2n) is 3.19. The maximum Gasteiger partial charge on any atom is 0.372 e. The van der Waals surface area contributed by atoms with Crippen LogP contribution in [0.25, 0.3) is 0 Å². The van der Waals surface area contributed by atoms with Crippen molar-refractivity contribution in [1.29, 1.82) is 0 Å². The predicted molar refractivity (Wildman–Crippen MR) is 43.0 cm³/mol. The van der Waals surface area contributed by atoms with Crippen molar-refractivity contribution in [3.8, 4) is 0 Å². The minimum atomic E-state index is -1.37. The lowest BCUT2D eigenvalue weighted by molar-refractivity contribution is -0.149. The minimum absolute atomic E-state index is 0.0240. The van der Waals surface area contributed by atoms with Crippen LogP contribution in [0.4, 0.5) is 0 Å². The molecule has 0 spiro atoms. The second kappa shape index (κ2) is 4.21. The molecule has 0 bridgehead atoms. The molecule has 0 saturated heterocycles. The Balaban J connectivity index is 3.83. The summed E-state index contributed by atoms with van der Waals surface area (Å²) < 4.78 is 5.02. The predicted octanol–water partition coefficient (Wildman–Crippen LogP) is 0.845. The van der Waals surface area contributed by atoms with E-state index in [0.29, 0.717) is 6.42 Å². The quantitative estimate of drug-likeness (QED) is 0.627. The van der Waals surface area contributed by atoms with Gasteiger partial charge >= 0.3 is 5.97 Å². The number of hydrogen-bond donors (Lipinski definition) is 1. The van der Waals surface area contributed by atoms with Crippen LogP contribution in [0.5, 0.6) is 0 Å². The summed E-state index contributed by atoms with van der Waals surface area (Å²) in [5.74, 6) is -2.14. The third-order valence-corrected chi connectivity index (χ3v) is 1.75. The van der Waals surface area contributed by atoms with Crippen LogP contribution in [0.2, 0.25) is 0 Å². The Bertz CT molecular complexity index is 183. The fraction of sp³-hybridized carbons (Fsp3) is 0.750. The third kappa shape index (κ3) is 4.08. The third-order valence-electron chi connectivity index (χ3n) is 1.75. The lowest BCUT2D eigenvalue weighted by Crippen LogP contribution is -2.25. The van der Waals surface area contributed by atoms with Crippen molar-refractivity contribution in [2.24, 2.45) is 0 Å². The summed E-state index contributed by atoms with van der Waals surface area (Å²) in [5.41, 5.74) is -0.425. The molecule has 70 valence electrons. The fourth-order valence-corrected chi connectivity index (χ4v) is 0.624. The molecule has 0 fully saturated rings. The normalized spacial score (nSPS) is 11.2. The van der Waals surface area contributed by atoms with Gasteiger partial charge in [0.15, 0.2) is 0 Å². The number of carboxylic acid groups (broad SMARTS) is 1. The lowest BCUT2D eigenvalue weighted by Gasteiger charge is -2.21. The van der Waals surface area contributed by atoms with Gasteiger partial charge in [-0.05, 0) is 20.3 Å². The minimum Gasteiger partial charge on any atom is -0.476 e. The highest BCUT2D eigenvalue weighted by molar-refractivity contribution is 6.32. The molecule has 0 aliphatic heterocycles. The Kier molecular flexibility index (Phi) is 3.89. The summed E-state index contributed by atoms with van der Waals surface area (Å²) in [6.07, 6.45) is 0.449. The molecule has 12 heavy (non-hydrogen) atoms. The molecular weight excluding hydrogens is 160 g/mol. The zero-order valence-corrected chi connectivity index (χ0v) is 7.59. The number of carbonyl (C=O) groups is 2. The molecule has 0 amide bonds. The van der Waals surface area contributed by atoms with Gasteiger partial charge in [-0.3, -0.25) is 4.79 Å². The van der Waals surface area contributed by atoms with E-state index in [1.54, 1.807) is 0 Å². The molecule has 0 atom stereocenters. The van der Waals surface area contributed by atoms with E-state index in [0.717, 1.165) is 0 Å². The molecule has 4 heteroatoms. The van der Waals surface area contributed by atoms with E-state index >= 15 is 0 Å². The number of carbonyl (C=O) groups excluding carboxylic acids is 1. The molecule has 0 unspecified atom stereocenters. The Morgan fingerprint density at radius 1 is 1.42 bits per heavy atom. The van der Waals surface area contributed by atoms with E-state index in [-0.39, 0.29) is 6.42 Å². The average Bonchev–Trinajstić information content (AvgIpc) is 2.00. The summed E-state index contributed by atoms with van der Waals surface area (Å²) in [4.78, 5) is 20.8. The van der Waals surface area contributed by atoms with Gasteiger partial charge in [0.25, 0.3) is 0 Å². The zero-order chi connectivity index (χ0) is 9.78. The summed E-state index contributed by atoms with van der Waals surface area (Å²) in [7, 11) is 1.53. The Morgan fingerprint density at radius 2 is 1.92 bits per heavy atom. The van der Waals surface area contributed by atoms with Gasteiger partial charge in [0.2, 0.25) is 5.78 Å². The smallest absolute Gasteiger partial charge is 0.372 e. The van der Waals surface area contributed by atoms with Crippen LogP contribution in [0.15, 0.2) is 0 Å². The van der Waals surface area contributed by atoms with Gasteiger partial charge in [-0.1, -0.05) is 0 Å². The molecule has 0 rings (SSSR count). The van der Waals surface area contributed by atoms with Crippen LogP contribution in [0.3, 0.4) is 0 Å². The van der Waals surface area contributed by atoms with Crippen molar-refractivity contribution < 1.29 is 19.4 Å². The first kappa shape index (κ1) is 11.1. The zero-order valence-electron chi connectivity index (χ0n) is 7.59. The summed E-state index contributed by atoms with van der Waals surface area (Å²) >= 11 is 0. The Morgan fingerprint density at radius 3 is 2.25 bits per heavy atom. The Hall–Kier alpha value is -0.900. The number of ether oxygens (including phenoxy) is 1. The number of hydrogen-bond acceptors (Lipinski definition) is 3. The summed E-state index contributed by atoms with van der Waals surface area (Å²) in [5, 5.41) is 8.26. The molecule has 0 heterocycles. The van der Waals surface area contributed by atoms with Crippen molar-refractivity contribution >= 4 is 11.8 Å². The standard InChI is InChI=1S/C8H14O4/c1-8(2,12-3)5-4-6(9)7(10)11/h4-5H2,1-3H3,(H,10,11). The molecule has 0 saturated carbocycles. The molecule has 0 aromatic rings. The van der Waals surface area contributed by atoms with Crippen molar-refractivity contribution in [3.05, 3.63) is 0 Å². The number of Topliss-reactive ketones (excluding diaryl/α,β-unsaturated/α-hetero) is 1. The molecule has 0 aliphatic rings. The highest BCUT2D eigenvalue weighted by Gasteiger charge is 2.20. The van der Waals surface area contributed by atoms with Crippen LogP contribution in [0.1, 0.15) is 26.7 Å². The summed E-state index contributed by atoms with van der Waals surface area (Å²) in [6, 6.07) is 0. The number of methoxy groups -OCH3 is 1. The van der Waals surface area contributed by atoms with Gasteiger partial charge in [-0.15, -0.1) is 0 Å². The van der Waals surface area contributed by atoms with Crippen molar-refractivity contribution in [1.82, 2.24) is 0 Å². The molecule has 4 nitrogen and oxygen atoms in total. The van der Waals surface area contributed by atoms with Gasteiger partial charge in [-0.2, -0.15) is 0 Å². The van der Waals surface area contributed by atoms with Gasteiger partial charge in [0.1, 0.15) is 0 Å². The van der Waals surface area contributed by atoms with E-state index < -0.39 is 17.4 Å². The first-order valence-electron chi connectivity index (χ1n) is 3.70. The number of ketones is 1. The van der Waals surface area contributed by atoms with Crippen LogP contribution in [-0.2, 0) is 14.3 Å². The highest BCUT2D eigenvalue weighted by atomic mass is 16.5. The van der Waals surface area contributed by atoms with E-state index in [9.17, 15) is 9.59 Å². The lowest BCUT2D eigenvalue weighted by atomic mass is 10.0. The van der Waals surface area contributed by atoms with E-state index in [1.165, 1.54) is 7.11 Å². The van der Waals surface area contributed by atoms with E-state index in [4.69, 9.17) is 9.84 Å². The van der Waals surface area contributed by atoms with Crippen molar-refractivity contribution in [2.75, 3.05) is 7.11 Å². The largest absolute Gasteiger partial charge is 0.476 e. The van der Waals surface area contributed by atoms with Crippen LogP contribution >= 0.6 is 0 Å². The van der Waals surface area contributed by atoms with Crippen molar-refractivity contribution in [2.45, 2.75) is 32.3 Å². The van der Waals surface area contributed by atoms with E-state index in [2.05, 4.69) is 0 Å². The fourth-order valence-electron chi connectivity index (χ4n) is 0.624. The maximum absolute atomic E-state index is 10.7. The number of aliphatic carboxylic acids is 1. The molecule has 0 radical (unpaired) electrons. The topological polar surface area (TPSA) is 63.6 Å². The van der Waals surface area contributed by atoms with Crippen LogP contribution in [-0.4, -0.2) is 29.6 Å². The van der Waals surface area contributed by atoms with Gasteiger partial charge in [0.05, 0.1) is 5.60 Å². The number of rotatable bonds is 5. The average molecular weight is 174 g/mol. The highest BCUT2D eigenvalue weighted by Crippen LogP contribution is 2.15. The van der Waals surface area contributed by atoms with E-state index in [1.807, 2.05) is 13.8 Å². The monoisotopic (exact) mass is 174 g/mol. The van der Waals surface area contributed by atoms with Crippen LogP contribution in [0, 0.1) is 0 Å². The number of carboxylic acids is 1.